The predicted molar refractivity (Wildman–Crippen MR) is 85.2 cm³/mol. The van der Waals surface area contributed by atoms with E-state index in [9.17, 15) is 0 Å². The van der Waals surface area contributed by atoms with E-state index in [1.807, 2.05) is 0 Å². The number of halogens is 1. The maximum Gasteiger partial charge on any atom is 0.0510 e. The molecule has 0 saturated carbocycles. The van der Waals surface area contributed by atoms with Gasteiger partial charge in [-0.2, -0.15) is 0 Å². The Morgan fingerprint density at radius 2 is 2.00 bits per heavy atom. The molecule has 2 nitrogen and oxygen atoms in total. The Morgan fingerprint density at radius 3 is 2.68 bits per heavy atom. The molecule has 106 valence electrons. The van der Waals surface area contributed by atoms with E-state index >= 15 is 0 Å². The average Bonchev–Trinajstić information content (AvgIpc) is 2.57. The fraction of sp³-hybridized carbons (Fsp3) is 0.625. The van der Waals surface area contributed by atoms with Crippen molar-refractivity contribution in [2.24, 2.45) is 5.73 Å². The van der Waals surface area contributed by atoms with Crippen LogP contribution in [0.4, 0.5) is 0 Å². The molecule has 1 saturated heterocycles. The van der Waals surface area contributed by atoms with Gasteiger partial charge in [0.25, 0.3) is 0 Å². The van der Waals surface area contributed by atoms with Crippen molar-refractivity contribution >= 4 is 15.9 Å². The van der Waals surface area contributed by atoms with Crippen molar-refractivity contribution in [2.45, 2.75) is 57.7 Å². The van der Waals surface area contributed by atoms with Crippen LogP contribution >= 0.6 is 15.9 Å². The van der Waals surface area contributed by atoms with E-state index in [4.69, 9.17) is 5.73 Å². The number of nitrogens with two attached hydrogens (primary N) is 1. The van der Waals surface area contributed by atoms with Crippen molar-refractivity contribution in [3.8, 4) is 0 Å². The van der Waals surface area contributed by atoms with E-state index in [0.717, 1.165) is 6.54 Å². The van der Waals surface area contributed by atoms with Crippen molar-refractivity contribution in [1.29, 1.82) is 0 Å². The first-order valence-electron chi connectivity index (χ1n) is 7.37. The molecule has 0 aromatic heterocycles. The Hall–Kier alpha value is -0.380. The SMILES string of the molecule is CC(N)C(c1ccccc1Br)N1CCCCCC1C. The maximum atomic E-state index is 6.32. The van der Waals surface area contributed by atoms with Crippen LogP contribution in [0, 0.1) is 0 Å². The lowest BCUT2D eigenvalue weighted by Gasteiger charge is -2.38. The fourth-order valence-electron chi connectivity index (χ4n) is 3.19. The minimum atomic E-state index is 0.138. The molecule has 1 fully saturated rings. The lowest BCUT2D eigenvalue weighted by molar-refractivity contribution is 0.129. The van der Waals surface area contributed by atoms with Crippen molar-refractivity contribution in [2.75, 3.05) is 6.54 Å². The van der Waals surface area contributed by atoms with Gasteiger partial charge in [-0.05, 0) is 44.9 Å². The number of hydrogen-bond acceptors (Lipinski definition) is 2. The normalized spacial score (nSPS) is 24.7. The summed E-state index contributed by atoms with van der Waals surface area (Å²) in [6.45, 7) is 5.63. The Kier molecular flexibility index (Phi) is 5.43. The van der Waals surface area contributed by atoms with Crippen LogP contribution in [-0.2, 0) is 0 Å². The van der Waals surface area contributed by atoms with Gasteiger partial charge in [0.1, 0.15) is 0 Å². The van der Waals surface area contributed by atoms with Crippen LogP contribution in [0.2, 0.25) is 0 Å². The second-order valence-corrected chi connectivity index (χ2v) is 6.62. The number of nitrogens with zero attached hydrogens (tertiary/aromatic N) is 1. The first-order chi connectivity index (χ1) is 9.11. The first kappa shape index (κ1) is 15.0. The highest BCUT2D eigenvalue weighted by Crippen LogP contribution is 2.33. The van der Waals surface area contributed by atoms with Gasteiger partial charge < -0.3 is 5.73 Å². The smallest absolute Gasteiger partial charge is 0.0510 e. The number of likely N-dealkylation sites (tertiary alicyclic amines) is 1. The first-order valence-corrected chi connectivity index (χ1v) is 8.16. The molecule has 2 rings (SSSR count). The van der Waals surface area contributed by atoms with Crippen LogP contribution in [0.5, 0.6) is 0 Å². The molecule has 1 aromatic carbocycles. The van der Waals surface area contributed by atoms with Gasteiger partial charge in [0, 0.05) is 16.6 Å². The third-order valence-corrected chi connectivity index (χ3v) is 4.91. The van der Waals surface area contributed by atoms with Gasteiger partial charge in [0.2, 0.25) is 0 Å². The summed E-state index contributed by atoms with van der Waals surface area (Å²) in [5.41, 5.74) is 7.64. The van der Waals surface area contributed by atoms with Gasteiger partial charge in [0.15, 0.2) is 0 Å². The highest BCUT2D eigenvalue weighted by atomic mass is 79.9. The Labute approximate surface area is 125 Å². The van der Waals surface area contributed by atoms with E-state index in [2.05, 4.69) is 58.9 Å². The van der Waals surface area contributed by atoms with Gasteiger partial charge in [0.05, 0.1) is 6.04 Å². The zero-order chi connectivity index (χ0) is 13.8. The van der Waals surface area contributed by atoms with E-state index in [1.165, 1.54) is 35.7 Å². The van der Waals surface area contributed by atoms with Gasteiger partial charge in [-0.1, -0.05) is 47.0 Å². The van der Waals surface area contributed by atoms with Crippen molar-refractivity contribution < 1.29 is 0 Å². The lowest BCUT2D eigenvalue weighted by atomic mass is 9.97. The average molecular weight is 325 g/mol. The number of benzene rings is 1. The van der Waals surface area contributed by atoms with E-state index in [0.29, 0.717) is 12.1 Å². The summed E-state index contributed by atoms with van der Waals surface area (Å²) in [5.74, 6) is 0. The number of hydrogen-bond donors (Lipinski definition) is 1. The molecule has 0 spiro atoms. The summed E-state index contributed by atoms with van der Waals surface area (Å²) in [5, 5.41) is 0. The molecule has 3 unspecified atom stereocenters. The minimum Gasteiger partial charge on any atom is -0.326 e. The third kappa shape index (κ3) is 3.59. The largest absolute Gasteiger partial charge is 0.326 e. The van der Waals surface area contributed by atoms with Crippen LogP contribution < -0.4 is 5.73 Å². The molecule has 19 heavy (non-hydrogen) atoms. The van der Waals surface area contributed by atoms with Crippen LogP contribution in [0.25, 0.3) is 0 Å². The van der Waals surface area contributed by atoms with Crippen molar-refractivity contribution in [3.05, 3.63) is 34.3 Å². The summed E-state index contributed by atoms with van der Waals surface area (Å²) in [4.78, 5) is 2.61. The van der Waals surface area contributed by atoms with Crippen molar-refractivity contribution in [1.82, 2.24) is 4.90 Å². The summed E-state index contributed by atoms with van der Waals surface area (Å²) < 4.78 is 1.17. The van der Waals surface area contributed by atoms with Crippen LogP contribution in [-0.4, -0.2) is 23.5 Å². The van der Waals surface area contributed by atoms with Crippen LogP contribution in [0.15, 0.2) is 28.7 Å². The van der Waals surface area contributed by atoms with E-state index in [1.54, 1.807) is 0 Å². The summed E-state index contributed by atoms with van der Waals surface area (Å²) in [7, 11) is 0. The lowest BCUT2D eigenvalue weighted by Crippen LogP contribution is -2.44. The molecule has 2 N–H and O–H groups in total. The number of rotatable bonds is 3. The second-order valence-electron chi connectivity index (χ2n) is 5.76. The fourth-order valence-corrected chi connectivity index (χ4v) is 3.71. The molecule has 3 heteroatoms. The molecular weight excluding hydrogens is 300 g/mol. The molecule has 0 radical (unpaired) electrons. The summed E-state index contributed by atoms with van der Waals surface area (Å²) in [6, 6.07) is 9.56. The summed E-state index contributed by atoms with van der Waals surface area (Å²) >= 11 is 3.69. The van der Waals surface area contributed by atoms with E-state index in [-0.39, 0.29) is 6.04 Å². The maximum absolute atomic E-state index is 6.32. The van der Waals surface area contributed by atoms with Crippen molar-refractivity contribution in [3.63, 3.8) is 0 Å². The quantitative estimate of drug-likeness (QED) is 0.906. The molecule has 1 aliphatic heterocycles. The Morgan fingerprint density at radius 1 is 1.26 bits per heavy atom. The molecule has 0 amide bonds. The Balaban J connectivity index is 2.31. The Bertz CT molecular complexity index is 405. The molecule has 0 aliphatic carbocycles. The predicted octanol–water partition coefficient (Wildman–Crippen LogP) is 4.10. The van der Waals surface area contributed by atoms with Gasteiger partial charge >= 0.3 is 0 Å². The van der Waals surface area contributed by atoms with Gasteiger partial charge in [-0.3, -0.25) is 4.90 Å². The van der Waals surface area contributed by atoms with E-state index < -0.39 is 0 Å². The molecule has 3 atom stereocenters. The zero-order valence-electron chi connectivity index (χ0n) is 12.0. The van der Waals surface area contributed by atoms with Crippen LogP contribution in [0.1, 0.15) is 51.1 Å². The standard InChI is InChI=1S/C16H25BrN2/c1-12-8-4-3-7-11-19(12)16(13(2)18)14-9-5-6-10-15(14)17/h5-6,9-10,12-13,16H,3-4,7-8,11,18H2,1-2H3. The summed E-state index contributed by atoms with van der Waals surface area (Å²) in [6.07, 6.45) is 5.27. The van der Waals surface area contributed by atoms with Gasteiger partial charge in [-0.15, -0.1) is 0 Å². The second kappa shape index (κ2) is 6.87. The van der Waals surface area contributed by atoms with Gasteiger partial charge in [-0.25, -0.2) is 0 Å². The molecule has 1 aliphatic rings. The van der Waals surface area contributed by atoms with Crippen LogP contribution in [0.3, 0.4) is 0 Å². The monoisotopic (exact) mass is 324 g/mol. The minimum absolute atomic E-state index is 0.138. The molecule has 0 bridgehead atoms. The molecular formula is C16H25BrN2. The topological polar surface area (TPSA) is 29.3 Å². The highest BCUT2D eigenvalue weighted by molar-refractivity contribution is 9.10. The molecule has 1 aromatic rings. The highest BCUT2D eigenvalue weighted by Gasteiger charge is 2.29. The zero-order valence-corrected chi connectivity index (χ0v) is 13.6. The molecule has 1 heterocycles. The third-order valence-electron chi connectivity index (χ3n) is 4.18.